The van der Waals surface area contributed by atoms with Gasteiger partial charge in [0.05, 0.1) is 27.8 Å². The molecular weight excluding hydrogens is 616 g/mol. The molecule has 1 unspecified atom stereocenters. The standard InChI is InChI=1S/C32H39ClN6O5S/c1-7-10-22(26(40)29-37-21-11-8-9-12-24(21)45-29)36-28(41)23-15-20(44-25-14-13-19(33)16-34-25)17-39(23)30(42)27(32(4,5)6)38-31(43)35-18(2)3/h8-9,11-14,16,20,22-23,27H,2,7,10,15,17H2,1,3-6H3,(H,36,41)(H2,35,38,43)/t20-,22?,23+,27-/m1/s1. The second kappa shape index (κ2) is 14.4. The van der Waals surface area contributed by atoms with Crippen LogP contribution in [0, 0.1) is 5.41 Å². The first-order valence-corrected chi connectivity index (χ1v) is 16.0. The molecule has 4 rings (SSSR count). The first-order chi connectivity index (χ1) is 21.3. The summed E-state index contributed by atoms with van der Waals surface area (Å²) in [6.07, 6.45) is 2.03. The van der Waals surface area contributed by atoms with Crippen molar-refractivity contribution in [3.63, 3.8) is 0 Å². The van der Waals surface area contributed by atoms with Gasteiger partial charge in [0.15, 0.2) is 5.01 Å². The van der Waals surface area contributed by atoms with Crippen molar-refractivity contribution < 1.29 is 23.9 Å². The van der Waals surface area contributed by atoms with Crippen LogP contribution < -0.4 is 20.7 Å². The number of likely N-dealkylation sites (tertiary alicyclic amines) is 1. The number of ether oxygens (including phenoxy) is 1. The normalized spacial score (nSPS) is 17.8. The van der Waals surface area contributed by atoms with Crippen LogP contribution in [-0.2, 0) is 9.59 Å². The molecule has 4 amide bonds. The Balaban J connectivity index is 1.60. The third-order valence-corrected chi connectivity index (χ3v) is 8.54. The van der Waals surface area contributed by atoms with Crippen molar-refractivity contribution in [1.82, 2.24) is 30.8 Å². The zero-order valence-corrected chi connectivity index (χ0v) is 27.6. The summed E-state index contributed by atoms with van der Waals surface area (Å²) in [6.45, 7) is 12.8. The molecule has 4 atom stereocenters. The molecule has 1 aliphatic rings. The smallest absolute Gasteiger partial charge is 0.319 e. The van der Waals surface area contributed by atoms with Crippen LogP contribution in [0.15, 0.2) is 54.9 Å². The van der Waals surface area contributed by atoms with E-state index in [4.69, 9.17) is 16.3 Å². The SMILES string of the molecule is C=C(C)NC(=O)N[C@H](C(=O)N1C[C@H](Oc2ccc(Cl)cn2)C[C@H]1C(=O)NC(CCC)C(=O)c1nc2ccccc2s1)C(C)(C)C. The number of carbonyl (C=O) groups is 4. The van der Waals surface area contributed by atoms with Crippen molar-refractivity contribution in [3.05, 3.63) is 64.9 Å². The zero-order chi connectivity index (χ0) is 32.9. The molecule has 0 spiro atoms. The van der Waals surface area contributed by atoms with Gasteiger partial charge < -0.3 is 25.6 Å². The minimum Gasteiger partial charge on any atom is -0.472 e. The molecule has 3 aromatic rings. The Morgan fingerprint density at radius 2 is 1.89 bits per heavy atom. The molecule has 1 aromatic carbocycles. The second-order valence-electron chi connectivity index (χ2n) is 12.2. The van der Waals surface area contributed by atoms with Gasteiger partial charge in [-0.15, -0.1) is 11.3 Å². The average Bonchev–Trinajstić information content (AvgIpc) is 3.60. The van der Waals surface area contributed by atoms with Crippen LogP contribution >= 0.6 is 22.9 Å². The highest BCUT2D eigenvalue weighted by atomic mass is 35.5. The lowest BCUT2D eigenvalue weighted by molar-refractivity contribution is -0.142. The summed E-state index contributed by atoms with van der Waals surface area (Å²) in [5.74, 6) is -0.949. The Morgan fingerprint density at radius 3 is 2.51 bits per heavy atom. The van der Waals surface area contributed by atoms with E-state index in [1.54, 1.807) is 19.1 Å². The monoisotopic (exact) mass is 654 g/mol. The number of thiazole rings is 1. The second-order valence-corrected chi connectivity index (χ2v) is 13.6. The number of carbonyl (C=O) groups excluding carboxylic acids is 4. The number of urea groups is 1. The van der Waals surface area contributed by atoms with Crippen LogP contribution in [-0.4, -0.2) is 69.3 Å². The Bertz CT molecular complexity index is 1540. The van der Waals surface area contributed by atoms with Gasteiger partial charge in [0.25, 0.3) is 0 Å². The summed E-state index contributed by atoms with van der Waals surface area (Å²) in [5.41, 5.74) is 0.413. The summed E-state index contributed by atoms with van der Waals surface area (Å²) < 4.78 is 6.94. The number of rotatable bonds is 11. The summed E-state index contributed by atoms with van der Waals surface area (Å²) in [6, 6.07) is 7.32. The van der Waals surface area contributed by atoms with Crippen LogP contribution in [0.2, 0.25) is 5.02 Å². The van der Waals surface area contributed by atoms with Gasteiger partial charge in [-0.3, -0.25) is 14.4 Å². The predicted molar refractivity (Wildman–Crippen MR) is 174 cm³/mol. The Morgan fingerprint density at radius 1 is 1.16 bits per heavy atom. The number of nitrogens with zero attached hydrogens (tertiary/aromatic N) is 3. The molecule has 13 heteroatoms. The van der Waals surface area contributed by atoms with Gasteiger partial charge in [0.1, 0.15) is 18.2 Å². The first kappa shape index (κ1) is 33.9. The lowest BCUT2D eigenvalue weighted by Crippen LogP contribution is -2.59. The van der Waals surface area contributed by atoms with Crippen molar-refractivity contribution in [2.75, 3.05) is 6.54 Å². The molecule has 1 aliphatic heterocycles. The van der Waals surface area contributed by atoms with Crippen LogP contribution in [0.1, 0.15) is 63.7 Å². The van der Waals surface area contributed by atoms with E-state index in [-0.39, 0.29) is 18.7 Å². The van der Waals surface area contributed by atoms with Gasteiger partial charge in [-0.25, -0.2) is 14.8 Å². The molecule has 3 N–H and O–H groups in total. The van der Waals surface area contributed by atoms with Gasteiger partial charge in [-0.2, -0.15) is 0 Å². The van der Waals surface area contributed by atoms with Crippen LogP contribution in [0.4, 0.5) is 4.79 Å². The lowest BCUT2D eigenvalue weighted by atomic mass is 9.85. The number of hydrogen-bond donors (Lipinski definition) is 3. The maximum atomic E-state index is 14.2. The third kappa shape index (κ3) is 8.58. The highest BCUT2D eigenvalue weighted by Crippen LogP contribution is 2.29. The van der Waals surface area contributed by atoms with Gasteiger partial charge in [-0.1, -0.05) is 64.4 Å². The summed E-state index contributed by atoms with van der Waals surface area (Å²) in [5, 5.41) is 8.97. The van der Waals surface area contributed by atoms with E-state index in [1.807, 2.05) is 52.0 Å². The van der Waals surface area contributed by atoms with Crippen molar-refractivity contribution in [1.29, 1.82) is 0 Å². The van der Waals surface area contributed by atoms with Crippen LogP contribution in [0.3, 0.4) is 0 Å². The lowest BCUT2D eigenvalue weighted by Gasteiger charge is -2.35. The Labute approximate surface area is 271 Å². The fraction of sp³-hybridized carbons (Fsp3) is 0.438. The number of allylic oxidation sites excluding steroid dienone is 1. The molecule has 240 valence electrons. The maximum absolute atomic E-state index is 14.2. The molecule has 3 heterocycles. The van der Waals surface area contributed by atoms with E-state index >= 15 is 0 Å². The quantitative estimate of drug-likeness (QED) is 0.244. The number of nitrogens with one attached hydrogen (secondary N) is 3. The molecule has 1 saturated heterocycles. The number of amides is 4. The van der Waals surface area contributed by atoms with Crippen molar-refractivity contribution in [2.45, 2.75) is 78.1 Å². The summed E-state index contributed by atoms with van der Waals surface area (Å²) in [4.78, 5) is 64.5. The fourth-order valence-electron chi connectivity index (χ4n) is 5.11. The highest BCUT2D eigenvalue weighted by Gasteiger charge is 2.46. The first-order valence-electron chi connectivity index (χ1n) is 14.8. The highest BCUT2D eigenvalue weighted by molar-refractivity contribution is 7.20. The number of benzene rings is 1. The number of hydrogen-bond acceptors (Lipinski definition) is 8. The van der Waals surface area contributed by atoms with Crippen molar-refractivity contribution in [3.8, 4) is 5.88 Å². The van der Waals surface area contributed by atoms with E-state index in [2.05, 4.69) is 32.5 Å². The van der Waals surface area contributed by atoms with Gasteiger partial charge >= 0.3 is 6.03 Å². The van der Waals surface area contributed by atoms with Crippen LogP contribution in [0.25, 0.3) is 10.2 Å². The minimum atomic E-state index is -0.990. The van der Waals surface area contributed by atoms with E-state index in [1.165, 1.54) is 22.4 Å². The molecule has 0 bridgehead atoms. The Kier molecular flexibility index (Phi) is 10.8. The summed E-state index contributed by atoms with van der Waals surface area (Å²) in [7, 11) is 0. The molecule has 0 radical (unpaired) electrons. The molecule has 0 saturated carbocycles. The molecule has 1 fully saturated rings. The number of fused-ring (bicyclic) bond motifs is 1. The molecule has 2 aromatic heterocycles. The fourth-order valence-corrected chi connectivity index (χ4v) is 6.18. The number of halogens is 1. The molecule has 11 nitrogen and oxygen atoms in total. The van der Waals surface area contributed by atoms with Crippen molar-refractivity contribution in [2.24, 2.45) is 5.41 Å². The molecule has 0 aliphatic carbocycles. The predicted octanol–water partition coefficient (Wildman–Crippen LogP) is 5.11. The molecular formula is C32H39ClN6O5S. The van der Waals surface area contributed by atoms with E-state index in [0.29, 0.717) is 40.0 Å². The number of ketones is 1. The number of Topliss-reactive ketones (excluding diaryl/α,β-unsaturated/α-hetero) is 1. The number of pyridine rings is 1. The largest absolute Gasteiger partial charge is 0.472 e. The number of para-hydroxylation sites is 1. The maximum Gasteiger partial charge on any atom is 0.319 e. The zero-order valence-electron chi connectivity index (χ0n) is 26.1. The van der Waals surface area contributed by atoms with Gasteiger partial charge in [-0.05, 0) is 37.0 Å². The van der Waals surface area contributed by atoms with E-state index in [0.717, 1.165) is 4.70 Å². The van der Waals surface area contributed by atoms with Crippen LogP contribution in [0.5, 0.6) is 5.88 Å². The van der Waals surface area contributed by atoms with Gasteiger partial charge in [0.2, 0.25) is 23.5 Å². The summed E-state index contributed by atoms with van der Waals surface area (Å²) >= 11 is 7.25. The number of aromatic nitrogens is 2. The Hall–Kier alpha value is -4.03. The molecule has 45 heavy (non-hydrogen) atoms. The van der Waals surface area contributed by atoms with Gasteiger partial charge in [0, 0.05) is 24.4 Å². The van der Waals surface area contributed by atoms with Crippen molar-refractivity contribution >= 4 is 56.8 Å². The average molecular weight is 655 g/mol. The van der Waals surface area contributed by atoms with E-state index < -0.39 is 47.5 Å². The third-order valence-electron chi connectivity index (χ3n) is 7.27. The minimum absolute atomic E-state index is 0.0574. The topological polar surface area (TPSA) is 143 Å². The van der Waals surface area contributed by atoms with E-state index in [9.17, 15) is 19.2 Å².